The number of nitrogens with one attached hydrogen (secondary N) is 1. The van der Waals surface area contributed by atoms with Gasteiger partial charge in [-0.25, -0.2) is 0 Å². The number of allylic oxidation sites excluding steroid dienone is 1. The van der Waals surface area contributed by atoms with E-state index in [-0.39, 0.29) is 17.1 Å². The van der Waals surface area contributed by atoms with Gasteiger partial charge in [-0.3, -0.25) is 10.1 Å². The first-order valence-corrected chi connectivity index (χ1v) is 13.8. The van der Waals surface area contributed by atoms with Crippen molar-refractivity contribution in [3.63, 3.8) is 0 Å². The number of nitrogens with zero attached hydrogens (tertiary/aromatic N) is 3. The number of hydrogen-bond acceptors (Lipinski definition) is 5. The van der Waals surface area contributed by atoms with E-state index in [2.05, 4.69) is 47.8 Å². The molecule has 0 radical (unpaired) electrons. The molecule has 0 amide bonds. The number of piperidine rings is 1. The second-order valence-corrected chi connectivity index (χ2v) is 11.6. The van der Waals surface area contributed by atoms with Gasteiger partial charge in [0.2, 0.25) is 0 Å². The Hall–Kier alpha value is -2.94. The van der Waals surface area contributed by atoms with E-state index in [0.717, 1.165) is 81.0 Å². The van der Waals surface area contributed by atoms with Gasteiger partial charge in [0.05, 0.1) is 4.92 Å². The van der Waals surface area contributed by atoms with Crippen LogP contribution in [0.4, 0.5) is 30.2 Å². The fraction of sp³-hybridized carbons (Fsp3) is 0.517. The number of alkyl halides is 3. The molecule has 212 valence electrons. The molecule has 0 spiro atoms. The van der Waals surface area contributed by atoms with E-state index in [0.29, 0.717) is 5.92 Å². The van der Waals surface area contributed by atoms with E-state index in [9.17, 15) is 23.3 Å². The van der Waals surface area contributed by atoms with Gasteiger partial charge in [-0.1, -0.05) is 25.1 Å². The largest absolute Gasteiger partial charge is 0.423 e. The van der Waals surface area contributed by atoms with Crippen LogP contribution in [0.15, 0.2) is 54.7 Å². The number of benzene rings is 2. The lowest BCUT2D eigenvalue weighted by molar-refractivity contribution is -0.388. The molecular formula is C29H36ClF3N4O2. The van der Waals surface area contributed by atoms with Crippen LogP contribution in [0.1, 0.15) is 51.0 Å². The molecule has 1 N–H and O–H groups in total. The summed E-state index contributed by atoms with van der Waals surface area (Å²) in [7, 11) is 2.11. The summed E-state index contributed by atoms with van der Waals surface area (Å²) in [6.45, 7) is 9.60. The van der Waals surface area contributed by atoms with E-state index < -0.39 is 22.4 Å². The Bertz CT molecular complexity index is 1170. The zero-order valence-corrected chi connectivity index (χ0v) is 23.2. The Labute approximate surface area is 233 Å². The molecule has 1 saturated carbocycles. The predicted molar refractivity (Wildman–Crippen MR) is 150 cm³/mol. The minimum absolute atomic E-state index is 0.0303. The topological polar surface area (TPSA) is 61.6 Å². The molecule has 6 nitrogen and oxygen atoms in total. The monoisotopic (exact) mass is 564 g/mol. The lowest BCUT2D eigenvalue weighted by atomic mass is 9.76. The molecule has 1 heterocycles. The summed E-state index contributed by atoms with van der Waals surface area (Å²) in [5, 5.41) is 14.9. The molecular weight excluding hydrogens is 529 g/mol. The van der Waals surface area contributed by atoms with Crippen molar-refractivity contribution in [3.8, 4) is 0 Å². The molecule has 0 atom stereocenters. The lowest BCUT2D eigenvalue weighted by Crippen LogP contribution is -2.43. The van der Waals surface area contributed by atoms with Crippen LogP contribution in [0.25, 0.3) is 0 Å². The van der Waals surface area contributed by atoms with Crippen LogP contribution in [0.2, 0.25) is 5.02 Å². The molecule has 0 bridgehead atoms. The summed E-state index contributed by atoms with van der Waals surface area (Å²) in [4.78, 5) is 14.7. The minimum Gasteiger partial charge on any atom is -0.382 e. The molecule has 39 heavy (non-hydrogen) atoms. The van der Waals surface area contributed by atoms with Crippen LogP contribution in [-0.4, -0.2) is 42.5 Å². The first kappa shape index (κ1) is 29.1. The third-order valence-corrected chi connectivity index (χ3v) is 8.72. The lowest BCUT2D eigenvalue weighted by Gasteiger charge is -2.45. The standard InChI is InChI=1S/C29H36ClF3N4O2/c1-20(28(2)14-16-36(17-15-28)25-11-6-22(30)7-12-25)35(3)19-21-4-8-23(9-5-21)34-24-10-13-27(37(38)39)26(18-24)29(31,32)33/h6-7,10-13,18,21,23,34H,1,4-5,8-9,14-17,19H2,2-3H3. The zero-order chi connectivity index (χ0) is 28.4. The highest BCUT2D eigenvalue weighted by atomic mass is 35.5. The summed E-state index contributed by atoms with van der Waals surface area (Å²) < 4.78 is 40.0. The third-order valence-electron chi connectivity index (χ3n) is 8.46. The van der Waals surface area contributed by atoms with E-state index in [1.54, 1.807) is 0 Å². The van der Waals surface area contributed by atoms with Crippen LogP contribution >= 0.6 is 11.6 Å². The molecule has 4 rings (SSSR count). The predicted octanol–water partition coefficient (Wildman–Crippen LogP) is 7.99. The Morgan fingerprint density at radius 2 is 1.77 bits per heavy atom. The summed E-state index contributed by atoms with van der Waals surface area (Å²) in [5.74, 6) is 0.477. The molecule has 1 aliphatic heterocycles. The van der Waals surface area contributed by atoms with Gasteiger partial charge in [0.1, 0.15) is 5.56 Å². The van der Waals surface area contributed by atoms with Crippen LogP contribution < -0.4 is 10.2 Å². The van der Waals surface area contributed by atoms with E-state index in [1.165, 1.54) is 11.8 Å². The van der Waals surface area contributed by atoms with Crippen LogP contribution in [-0.2, 0) is 6.18 Å². The number of nitro groups is 1. The summed E-state index contributed by atoms with van der Waals surface area (Å²) in [5.41, 5.74) is 0.490. The van der Waals surface area contributed by atoms with Crippen molar-refractivity contribution in [2.75, 3.05) is 36.9 Å². The first-order valence-electron chi connectivity index (χ1n) is 13.4. The highest BCUT2D eigenvalue weighted by Crippen LogP contribution is 2.41. The Balaban J connectivity index is 1.26. The minimum atomic E-state index is -4.78. The molecule has 2 aliphatic rings. The molecule has 1 aliphatic carbocycles. The number of hydrogen-bond donors (Lipinski definition) is 1. The number of rotatable bonds is 8. The maximum Gasteiger partial charge on any atom is 0.423 e. The number of halogens is 4. The number of anilines is 2. The average molecular weight is 565 g/mol. The molecule has 2 fully saturated rings. The highest BCUT2D eigenvalue weighted by Gasteiger charge is 2.39. The molecule has 0 unspecified atom stereocenters. The second kappa shape index (κ2) is 11.7. The van der Waals surface area contributed by atoms with E-state index >= 15 is 0 Å². The molecule has 0 aromatic heterocycles. The van der Waals surface area contributed by atoms with Crippen molar-refractivity contribution in [2.24, 2.45) is 11.3 Å². The van der Waals surface area contributed by atoms with Crippen molar-refractivity contribution in [2.45, 2.75) is 57.7 Å². The van der Waals surface area contributed by atoms with Gasteiger partial charge < -0.3 is 15.1 Å². The van der Waals surface area contributed by atoms with E-state index in [1.807, 2.05) is 12.1 Å². The average Bonchev–Trinajstić information content (AvgIpc) is 2.89. The molecule has 2 aromatic rings. The first-order chi connectivity index (χ1) is 18.4. The summed E-state index contributed by atoms with van der Waals surface area (Å²) >= 11 is 6.03. The number of nitro benzene ring substituents is 1. The second-order valence-electron chi connectivity index (χ2n) is 11.2. The van der Waals surface area contributed by atoms with Gasteiger partial charge in [0.15, 0.2) is 0 Å². The summed E-state index contributed by atoms with van der Waals surface area (Å²) in [6.07, 6.45) is 0.821. The van der Waals surface area contributed by atoms with Crippen molar-refractivity contribution >= 4 is 28.7 Å². The smallest absolute Gasteiger partial charge is 0.382 e. The van der Waals surface area contributed by atoms with Crippen molar-refractivity contribution in [1.82, 2.24) is 4.90 Å². The van der Waals surface area contributed by atoms with E-state index in [4.69, 9.17) is 11.6 Å². The van der Waals surface area contributed by atoms with Gasteiger partial charge in [-0.2, -0.15) is 13.2 Å². The maximum absolute atomic E-state index is 13.3. The Morgan fingerprint density at radius 3 is 2.33 bits per heavy atom. The van der Waals surface area contributed by atoms with Crippen LogP contribution in [0.3, 0.4) is 0 Å². The van der Waals surface area contributed by atoms with Gasteiger partial charge in [-0.05, 0) is 80.8 Å². The fourth-order valence-corrected chi connectivity index (χ4v) is 6.02. The van der Waals surface area contributed by atoms with Gasteiger partial charge in [0.25, 0.3) is 5.69 Å². The SMILES string of the molecule is C=C(N(C)CC1CCC(Nc2ccc([N+](=O)[O-])c(C(F)(F)F)c2)CC1)C1(C)CCN(c2ccc(Cl)cc2)CC1. The van der Waals surface area contributed by atoms with Crippen molar-refractivity contribution < 1.29 is 18.1 Å². The highest BCUT2D eigenvalue weighted by molar-refractivity contribution is 6.30. The normalized spacial score (nSPS) is 21.3. The van der Waals surface area contributed by atoms with Crippen LogP contribution in [0, 0.1) is 21.4 Å². The maximum atomic E-state index is 13.3. The van der Waals surface area contributed by atoms with Crippen LogP contribution in [0.5, 0.6) is 0 Å². The fourth-order valence-electron chi connectivity index (χ4n) is 5.89. The van der Waals surface area contributed by atoms with Crippen molar-refractivity contribution in [1.29, 1.82) is 0 Å². The van der Waals surface area contributed by atoms with Gasteiger partial charge in [-0.15, -0.1) is 0 Å². The quantitative estimate of drug-likeness (QED) is 0.260. The van der Waals surface area contributed by atoms with Gasteiger partial charge >= 0.3 is 6.18 Å². The molecule has 1 saturated heterocycles. The summed E-state index contributed by atoms with van der Waals surface area (Å²) in [6, 6.07) is 11.1. The molecule has 2 aromatic carbocycles. The molecule has 10 heteroatoms. The Morgan fingerprint density at radius 1 is 1.15 bits per heavy atom. The zero-order valence-electron chi connectivity index (χ0n) is 22.4. The third kappa shape index (κ3) is 6.99. The van der Waals surface area contributed by atoms with Crippen molar-refractivity contribution in [3.05, 3.63) is 75.4 Å². The Kier molecular flexibility index (Phi) is 8.69. The van der Waals surface area contributed by atoms with Gasteiger partial charge in [0, 0.05) is 66.3 Å².